The molecule has 0 aliphatic carbocycles. The van der Waals surface area contributed by atoms with E-state index < -0.39 is 18.1 Å². The van der Waals surface area contributed by atoms with E-state index in [-0.39, 0.29) is 36.2 Å². The zero-order valence-electron chi connectivity index (χ0n) is 39.9. The lowest BCUT2D eigenvalue weighted by Gasteiger charge is -2.31. The molecule has 0 aliphatic rings. The van der Waals surface area contributed by atoms with Crippen molar-refractivity contribution in [1.82, 2.24) is 0 Å². The summed E-state index contributed by atoms with van der Waals surface area (Å²) in [6.45, 7) is 4.62. The van der Waals surface area contributed by atoms with Gasteiger partial charge < -0.3 is 23.8 Å². The van der Waals surface area contributed by atoms with E-state index in [1.165, 1.54) is 128 Å². The summed E-state index contributed by atoms with van der Waals surface area (Å²) < 4.78 is 17.3. The van der Waals surface area contributed by atoms with Crippen LogP contribution >= 0.6 is 0 Å². The van der Waals surface area contributed by atoms with Crippen LogP contribution < -0.4 is 0 Å². The number of rotatable bonds is 45. The molecule has 0 aromatic rings. The molecule has 2 unspecified atom stereocenters. The number of aliphatic carboxylic acids is 1. The summed E-state index contributed by atoms with van der Waals surface area (Å²) in [5, 5.41) is 9.63. The van der Waals surface area contributed by atoms with Gasteiger partial charge in [-0.2, -0.15) is 0 Å². The first-order valence-electron chi connectivity index (χ1n) is 25.0. The quantitative estimate of drug-likeness (QED) is 0.0282. The van der Waals surface area contributed by atoms with Crippen molar-refractivity contribution in [2.75, 3.05) is 41.0 Å². The number of nitrogens with zero attached hydrogens (tertiary/aromatic N) is 1. The van der Waals surface area contributed by atoms with Crippen molar-refractivity contribution in [2.24, 2.45) is 0 Å². The number of carbonyl (C=O) groups is 3. The van der Waals surface area contributed by atoms with Crippen molar-refractivity contribution in [2.45, 2.75) is 238 Å². The standard InChI is InChI=1S/C52H95NO7/c1-6-8-10-12-14-16-18-20-21-22-23-24-25-26-27-28-29-31-32-34-36-38-40-42-50(54)59-47-48(46-58-45-44-49(52(56)57)53(3,4)5)60-51(55)43-41-39-37-35-33-30-19-17-15-13-11-9-7-2/h9,11,15,17,30,33,48-49H,6-8,10,12-14,16,18-29,31-32,34-47H2,1-5H3/p+1/b11-9-,17-15-,33-30-. The molecule has 2 atom stereocenters. The molecule has 350 valence electrons. The van der Waals surface area contributed by atoms with Crippen LogP contribution in [0.15, 0.2) is 36.5 Å². The zero-order chi connectivity index (χ0) is 44.2. The summed E-state index contributed by atoms with van der Waals surface area (Å²) in [5.41, 5.74) is 0. The van der Waals surface area contributed by atoms with E-state index in [1.54, 1.807) is 0 Å². The molecule has 0 amide bonds. The van der Waals surface area contributed by atoms with E-state index in [2.05, 4.69) is 50.3 Å². The summed E-state index contributed by atoms with van der Waals surface area (Å²) in [6.07, 6.45) is 50.7. The van der Waals surface area contributed by atoms with E-state index in [9.17, 15) is 19.5 Å². The van der Waals surface area contributed by atoms with E-state index in [4.69, 9.17) is 14.2 Å². The van der Waals surface area contributed by atoms with Gasteiger partial charge in [0.1, 0.15) is 6.61 Å². The molecule has 60 heavy (non-hydrogen) atoms. The van der Waals surface area contributed by atoms with E-state index >= 15 is 0 Å². The Bertz CT molecular complexity index is 1080. The van der Waals surface area contributed by atoms with Crippen LogP contribution in [0.1, 0.15) is 226 Å². The number of carbonyl (C=O) groups excluding carboxylic acids is 2. The van der Waals surface area contributed by atoms with E-state index in [1.807, 2.05) is 21.1 Å². The largest absolute Gasteiger partial charge is 0.477 e. The van der Waals surface area contributed by atoms with Crippen molar-refractivity contribution in [3.63, 3.8) is 0 Å². The van der Waals surface area contributed by atoms with Gasteiger partial charge in [0.15, 0.2) is 12.1 Å². The van der Waals surface area contributed by atoms with Crippen LogP contribution in [0, 0.1) is 0 Å². The normalized spacial score (nSPS) is 13.2. The molecule has 0 aromatic heterocycles. The Hall–Kier alpha value is -2.45. The Balaban J connectivity index is 4.17. The number of hydrogen-bond donors (Lipinski definition) is 1. The van der Waals surface area contributed by atoms with Gasteiger partial charge >= 0.3 is 17.9 Å². The lowest BCUT2D eigenvalue weighted by Crippen LogP contribution is -2.50. The lowest BCUT2D eigenvalue weighted by molar-refractivity contribution is -0.887. The van der Waals surface area contributed by atoms with Crippen LogP contribution in [0.5, 0.6) is 0 Å². The topological polar surface area (TPSA) is 99.1 Å². The maximum Gasteiger partial charge on any atom is 0.362 e. The van der Waals surface area contributed by atoms with Gasteiger partial charge in [-0.1, -0.05) is 198 Å². The molecule has 0 saturated heterocycles. The second-order valence-corrected chi connectivity index (χ2v) is 18.1. The maximum absolute atomic E-state index is 12.7. The highest BCUT2D eigenvalue weighted by Gasteiger charge is 2.31. The minimum Gasteiger partial charge on any atom is -0.477 e. The van der Waals surface area contributed by atoms with Gasteiger partial charge in [0.25, 0.3) is 0 Å². The summed E-state index contributed by atoms with van der Waals surface area (Å²) in [5.74, 6) is -1.49. The predicted molar refractivity (Wildman–Crippen MR) is 252 cm³/mol. The molecule has 0 rings (SSSR count). The highest BCUT2D eigenvalue weighted by Crippen LogP contribution is 2.16. The molecule has 0 saturated carbocycles. The van der Waals surface area contributed by atoms with Crippen molar-refractivity contribution in [3.05, 3.63) is 36.5 Å². The molecule has 0 bridgehead atoms. The maximum atomic E-state index is 12.7. The van der Waals surface area contributed by atoms with Gasteiger partial charge in [-0.3, -0.25) is 9.59 Å². The van der Waals surface area contributed by atoms with Crippen LogP contribution in [0.3, 0.4) is 0 Å². The molecule has 8 heteroatoms. The average Bonchev–Trinajstić information content (AvgIpc) is 3.21. The van der Waals surface area contributed by atoms with Crippen molar-refractivity contribution in [3.8, 4) is 0 Å². The molecule has 1 N–H and O–H groups in total. The van der Waals surface area contributed by atoms with Crippen LogP contribution in [-0.4, -0.2) is 80.6 Å². The fourth-order valence-electron chi connectivity index (χ4n) is 7.46. The summed E-state index contributed by atoms with van der Waals surface area (Å²) >= 11 is 0. The molecule has 0 aliphatic heterocycles. The van der Waals surface area contributed by atoms with Crippen LogP contribution in [0.25, 0.3) is 0 Å². The van der Waals surface area contributed by atoms with Gasteiger partial charge in [0, 0.05) is 19.3 Å². The Morgan fingerprint density at radius 3 is 1.38 bits per heavy atom. The lowest BCUT2D eigenvalue weighted by atomic mass is 10.0. The number of carboxylic acids is 1. The van der Waals surface area contributed by atoms with Crippen molar-refractivity contribution < 1.29 is 38.2 Å². The number of quaternary nitrogens is 1. The van der Waals surface area contributed by atoms with Crippen molar-refractivity contribution in [1.29, 1.82) is 0 Å². The van der Waals surface area contributed by atoms with Gasteiger partial charge in [-0.05, 0) is 44.9 Å². The number of allylic oxidation sites excluding steroid dienone is 6. The third kappa shape index (κ3) is 40.9. The van der Waals surface area contributed by atoms with Gasteiger partial charge in [0.2, 0.25) is 0 Å². The van der Waals surface area contributed by atoms with Crippen LogP contribution in [0.2, 0.25) is 0 Å². The van der Waals surface area contributed by atoms with Crippen molar-refractivity contribution >= 4 is 17.9 Å². The van der Waals surface area contributed by atoms with E-state index in [0.717, 1.165) is 64.2 Å². The molecular weight excluding hydrogens is 751 g/mol. The summed E-state index contributed by atoms with van der Waals surface area (Å²) in [6, 6.07) is -0.619. The molecule has 0 aromatic carbocycles. The number of unbranched alkanes of at least 4 members (excludes halogenated alkanes) is 25. The Morgan fingerprint density at radius 1 is 0.517 bits per heavy atom. The molecule has 0 fully saturated rings. The van der Waals surface area contributed by atoms with Crippen LogP contribution in [0.4, 0.5) is 0 Å². The first kappa shape index (κ1) is 57.5. The molecule has 8 nitrogen and oxygen atoms in total. The number of hydrogen-bond acceptors (Lipinski definition) is 6. The first-order chi connectivity index (χ1) is 29.1. The molecular formula is C52H96NO7+. The summed E-state index contributed by atoms with van der Waals surface area (Å²) in [7, 11) is 5.52. The monoisotopic (exact) mass is 847 g/mol. The summed E-state index contributed by atoms with van der Waals surface area (Å²) in [4.78, 5) is 37.0. The van der Waals surface area contributed by atoms with Crippen LogP contribution in [-0.2, 0) is 28.6 Å². The second-order valence-electron chi connectivity index (χ2n) is 18.1. The SMILES string of the molecule is CC/C=C\C/C=C\C/C=C\CCCCCC(=O)OC(COCCC(C(=O)O)[N+](C)(C)C)COC(=O)CCCCCCCCCCCCCCCCCCCCCCCCC. The third-order valence-corrected chi connectivity index (χ3v) is 11.3. The average molecular weight is 847 g/mol. The zero-order valence-corrected chi connectivity index (χ0v) is 39.9. The fourth-order valence-corrected chi connectivity index (χ4v) is 7.46. The minimum atomic E-state index is -0.878. The predicted octanol–water partition coefficient (Wildman–Crippen LogP) is 14.2. The van der Waals surface area contributed by atoms with E-state index in [0.29, 0.717) is 19.3 Å². The van der Waals surface area contributed by atoms with Gasteiger partial charge in [-0.25, -0.2) is 4.79 Å². The first-order valence-corrected chi connectivity index (χ1v) is 25.0. The Kier molecular flexibility index (Phi) is 41.4. The van der Waals surface area contributed by atoms with Gasteiger partial charge in [-0.15, -0.1) is 0 Å². The third-order valence-electron chi connectivity index (χ3n) is 11.3. The second kappa shape index (κ2) is 43.2. The highest BCUT2D eigenvalue weighted by atomic mass is 16.6. The fraction of sp³-hybridized carbons (Fsp3) is 0.827. The number of ether oxygens (including phenoxy) is 3. The Morgan fingerprint density at radius 2 is 0.933 bits per heavy atom. The highest BCUT2D eigenvalue weighted by molar-refractivity contribution is 5.72. The smallest absolute Gasteiger partial charge is 0.362 e. The molecule has 0 heterocycles. The van der Waals surface area contributed by atoms with Gasteiger partial charge in [0.05, 0.1) is 34.4 Å². The number of carboxylic acid groups (broad SMARTS) is 1. The number of likely N-dealkylation sites (N-methyl/N-ethyl adjacent to an activating group) is 1. The minimum absolute atomic E-state index is 0.0517. The molecule has 0 radical (unpaired) electrons. The Labute approximate surface area is 370 Å². The molecule has 0 spiro atoms. The number of esters is 2.